The van der Waals surface area contributed by atoms with Crippen molar-refractivity contribution >= 4 is 63.7 Å². The fraction of sp³-hybridized carbons (Fsp3) is 0. The molecule has 0 aromatic heterocycles. The van der Waals surface area contributed by atoms with Crippen LogP contribution in [0.3, 0.4) is 0 Å². The number of benzene rings is 2. The Balaban J connectivity index is 1.99. The zero-order valence-electron chi connectivity index (χ0n) is 10.5. The predicted octanol–water partition coefficient (Wildman–Crippen LogP) is 5.14. The van der Waals surface area contributed by atoms with Gasteiger partial charge < -0.3 is 5.32 Å². The lowest BCUT2D eigenvalue weighted by Gasteiger charge is -2.09. The van der Waals surface area contributed by atoms with Gasteiger partial charge in [-0.05, 0) is 30.3 Å². The molecular weight excluding hydrogens is 351 g/mol. The lowest BCUT2D eigenvalue weighted by Crippen LogP contribution is -2.33. The number of hydrogen-bond acceptors (Lipinski definition) is 2. The lowest BCUT2D eigenvalue weighted by molar-refractivity contribution is 0.256. The quantitative estimate of drug-likeness (QED) is 0.729. The Labute approximate surface area is 142 Å². The highest BCUT2D eigenvalue weighted by Gasteiger charge is 2.08. The molecule has 2 rings (SSSR count). The fourth-order valence-electron chi connectivity index (χ4n) is 1.51. The first kappa shape index (κ1) is 16.0. The third-order valence-corrected chi connectivity index (χ3v) is 3.84. The molecule has 21 heavy (non-hydrogen) atoms. The summed E-state index contributed by atoms with van der Waals surface area (Å²) in [5, 5.41) is 6.55. The average molecular weight is 360 g/mol. The number of carbonyl (C=O) groups is 1. The van der Waals surface area contributed by atoms with Gasteiger partial charge >= 0.3 is 6.03 Å². The molecule has 0 fully saturated rings. The maximum atomic E-state index is 11.8. The van der Waals surface area contributed by atoms with Crippen molar-refractivity contribution in [2.24, 2.45) is 0 Å². The third-order valence-electron chi connectivity index (χ3n) is 2.51. The summed E-state index contributed by atoms with van der Waals surface area (Å²) in [6.07, 6.45) is 0. The highest BCUT2D eigenvalue weighted by atomic mass is 35.5. The van der Waals surface area contributed by atoms with Crippen LogP contribution >= 0.6 is 47.0 Å². The van der Waals surface area contributed by atoms with Crippen molar-refractivity contribution in [2.75, 3.05) is 5.32 Å². The maximum absolute atomic E-state index is 11.8. The minimum atomic E-state index is -0.465. The number of nitrogens with one attached hydrogen (secondary N) is 2. The van der Waals surface area contributed by atoms with Gasteiger partial charge in [-0.1, -0.05) is 59.2 Å². The first-order valence-electron chi connectivity index (χ1n) is 5.78. The average Bonchev–Trinajstić information content (AvgIpc) is 2.43. The Morgan fingerprint density at radius 2 is 1.62 bits per heavy atom. The van der Waals surface area contributed by atoms with Gasteiger partial charge in [-0.15, -0.1) is 0 Å². The van der Waals surface area contributed by atoms with Crippen molar-refractivity contribution in [1.29, 1.82) is 0 Å². The summed E-state index contributed by atoms with van der Waals surface area (Å²) in [7, 11) is 0. The molecule has 0 saturated heterocycles. The largest absolute Gasteiger partial charge is 0.324 e. The number of amides is 2. The maximum Gasteiger partial charge on any atom is 0.324 e. The molecule has 2 aromatic carbocycles. The predicted molar refractivity (Wildman–Crippen MR) is 91.8 cm³/mol. The van der Waals surface area contributed by atoms with Crippen LogP contribution in [-0.2, 0) is 0 Å². The highest BCUT2D eigenvalue weighted by molar-refractivity contribution is 7.80. The number of urea groups is 1. The van der Waals surface area contributed by atoms with Crippen LogP contribution in [0.5, 0.6) is 0 Å². The molecule has 108 valence electrons. The summed E-state index contributed by atoms with van der Waals surface area (Å²) in [4.78, 5) is 12.1. The van der Waals surface area contributed by atoms with E-state index in [1.54, 1.807) is 42.5 Å². The summed E-state index contributed by atoms with van der Waals surface area (Å²) >= 11 is 22.6. The van der Waals surface area contributed by atoms with Crippen molar-refractivity contribution in [3.63, 3.8) is 0 Å². The summed E-state index contributed by atoms with van der Waals surface area (Å²) in [5.74, 6) is 0. The van der Waals surface area contributed by atoms with Crippen LogP contribution < -0.4 is 10.6 Å². The Kier molecular flexibility index (Phi) is 5.42. The molecule has 0 unspecified atom stereocenters. The number of thiocarbonyl (C=S) groups is 1. The van der Waals surface area contributed by atoms with Crippen LogP contribution in [0.1, 0.15) is 5.56 Å². The normalized spacial score (nSPS) is 10.0. The molecule has 0 atom stereocenters. The molecule has 3 nitrogen and oxygen atoms in total. The molecule has 0 bridgehead atoms. The van der Waals surface area contributed by atoms with Crippen molar-refractivity contribution in [2.45, 2.75) is 0 Å². The molecular formula is C14H9Cl3N2OS. The number of halogens is 3. The van der Waals surface area contributed by atoms with E-state index in [0.717, 1.165) is 0 Å². The van der Waals surface area contributed by atoms with Crippen molar-refractivity contribution in [1.82, 2.24) is 5.32 Å². The van der Waals surface area contributed by atoms with Crippen LogP contribution in [0.4, 0.5) is 10.5 Å². The van der Waals surface area contributed by atoms with Crippen molar-refractivity contribution in [3.05, 3.63) is 63.1 Å². The zero-order valence-corrected chi connectivity index (χ0v) is 13.6. The van der Waals surface area contributed by atoms with E-state index in [0.29, 0.717) is 31.3 Å². The molecule has 0 heterocycles. The second-order valence-corrected chi connectivity index (χ2v) is 5.70. The smallest absolute Gasteiger partial charge is 0.308 e. The molecule has 2 N–H and O–H groups in total. The third kappa shape index (κ3) is 4.58. The van der Waals surface area contributed by atoms with Gasteiger partial charge in [0.2, 0.25) is 0 Å². The Morgan fingerprint density at radius 3 is 2.24 bits per heavy atom. The molecule has 7 heteroatoms. The lowest BCUT2D eigenvalue weighted by atomic mass is 10.2. The Bertz CT molecular complexity index is 689. The summed E-state index contributed by atoms with van der Waals surface area (Å²) in [6.45, 7) is 0. The molecule has 0 spiro atoms. The minimum absolute atomic E-state index is 0.296. The van der Waals surface area contributed by atoms with Gasteiger partial charge in [0.05, 0.1) is 10.0 Å². The molecule has 0 aliphatic heterocycles. The molecule has 0 radical (unpaired) electrons. The van der Waals surface area contributed by atoms with E-state index >= 15 is 0 Å². The van der Waals surface area contributed by atoms with Gasteiger partial charge in [0.1, 0.15) is 4.99 Å². The molecule has 0 saturated carbocycles. The van der Waals surface area contributed by atoms with Crippen LogP contribution in [0.25, 0.3) is 0 Å². The number of rotatable bonds is 2. The topological polar surface area (TPSA) is 41.1 Å². The van der Waals surface area contributed by atoms with Gasteiger partial charge in [-0.25, -0.2) is 4.79 Å². The van der Waals surface area contributed by atoms with Gasteiger partial charge in [0.25, 0.3) is 0 Å². The van der Waals surface area contributed by atoms with Gasteiger partial charge in [0.15, 0.2) is 0 Å². The number of carbonyl (C=O) groups excluding carboxylic acids is 1. The van der Waals surface area contributed by atoms with Crippen LogP contribution in [-0.4, -0.2) is 11.0 Å². The van der Waals surface area contributed by atoms with Crippen LogP contribution in [0, 0.1) is 0 Å². The standard InChI is InChI=1S/C14H9Cl3N2OS/c15-9-3-1-8(2-4-9)13(21)19-14(20)18-10-5-6-11(16)12(17)7-10/h1-7H,(H2,18,19,20,21). The van der Waals surface area contributed by atoms with E-state index in [2.05, 4.69) is 10.6 Å². The van der Waals surface area contributed by atoms with E-state index in [1.807, 2.05) is 0 Å². The first-order valence-corrected chi connectivity index (χ1v) is 7.33. The van der Waals surface area contributed by atoms with E-state index in [1.165, 1.54) is 0 Å². The summed E-state index contributed by atoms with van der Waals surface area (Å²) in [6, 6.07) is 11.2. The zero-order chi connectivity index (χ0) is 15.4. The fourth-order valence-corrected chi connectivity index (χ4v) is 2.17. The van der Waals surface area contributed by atoms with E-state index in [4.69, 9.17) is 47.0 Å². The Morgan fingerprint density at radius 1 is 0.952 bits per heavy atom. The van der Waals surface area contributed by atoms with Gasteiger partial charge in [-0.3, -0.25) is 5.32 Å². The highest BCUT2D eigenvalue weighted by Crippen LogP contribution is 2.24. The van der Waals surface area contributed by atoms with Crippen molar-refractivity contribution < 1.29 is 4.79 Å². The minimum Gasteiger partial charge on any atom is -0.308 e. The van der Waals surface area contributed by atoms with E-state index in [9.17, 15) is 4.79 Å². The Hall–Kier alpha value is -1.33. The van der Waals surface area contributed by atoms with E-state index in [-0.39, 0.29) is 0 Å². The van der Waals surface area contributed by atoms with Gasteiger partial charge in [0, 0.05) is 16.3 Å². The SMILES string of the molecule is O=C(NC(=S)c1ccc(Cl)cc1)Nc1ccc(Cl)c(Cl)c1. The van der Waals surface area contributed by atoms with Crippen molar-refractivity contribution in [3.8, 4) is 0 Å². The monoisotopic (exact) mass is 358 g/mol. The number of hydrogen-bond donors (Lipinski definition) is 2. The molecule has 2 amide bonds. The molecule has 0 aliphatic rings. The second kappa shape index (κ2) is 7.09. The van der Waals surface area contributed by atoms with Crippen LogP contribution in [0.2, 0.25) is 15.1 Å². The number of anilines is 1. The van der Waals surface area contributed by atoms with Gasteiger partial charge in [-0.2, -0.15) is 0 Å². The van der Waals surface area contributed by atoms with E-state index < -0.39 is 6.03 Å². The molecule has 2 aromatic rings. The van der Waals surface area contributed by atoms with Crippen LogP contribution in [0.15, 0.2) is 42.5 Å². The summed E-state index contributed by atoms with van der Waals surface area (Å²) in [5.41, 5.74) is 1.21. The summed E-state index contributed by atoms with van der Waals surface area (Å²) < 4.78 is 0. The second-order valence-electron chi connectivity index (χ2n) is 4.04. The first-order chi connectivity index (χ1) is 9.95. The molecule has 0 aliphatic carbocycles.